The van der Waals surface area contributed by atoms with Crippen molar-refractivity contribution in [2.75, 3.05) is 26.2 Å². The van der Waals surface area contributed by atoms with Gasteiger partial charge in [-0.2, -0.15) is 0 Å². The molecule has 142 valence electrons. The Morgan fingerprint density at radius 3 is 2.42 bits per heavy atom. The first kappa shape index (κ1) is 18.9. The van der Waals surface area contributed by atoms with Crippen molar-refractivity contribution < 1.29 is 9.59 Å². The largest absolute Gasteiger partial charge is 0.343 e. The Hall–Kier alpha value is -1.88. The molecular weight excluding hydrogens is 326 g/mol. The Morgan fingerprint density at radius 2 is 1.81 bits per heavy atom. The van der Waals surface area contributed by atoms with Gasteiger partial charge in [-0.1, -0.05) is 30.3 Å². The number of hydrogen-bond donors (Lipinski definition) is 1. The van der Waals surface area contributed by atoms with Gasteiger partial charge in [-0.15, -0.1) is 0 Å². The lowest BCUT2D eigenvalue weighted by molar-refractivity contribution is -0.134. The number of likely N-dealkylation sites (tertiary alicyclic amines) is 1. The summed E-state index contributed by atoms with van der Waals surface area (Å²) < 4.78 is 0. The van der Waals surface area contributed by atoms with Crippen LogP contribution in [0.2, 0.25) is 0 Å². The fourth-order valence-electron chi connectivity index (χ4n) is 3.53. The van der Waals surface area contributed by atoms with Gasteiger partial charge in [-0.3, -0.25) is 9.59 Å². The van der Waals surface area contributed by atoms with E-state index in [0.717, 1.165) is 44.0 Å². The number of carbonyl (C=O) groups is 2. The third-order valence-electron chi connectivity index (χ3n) is 5.50. The van der Waals surface area contributed by atoms with Crippen LogP contribution < -0.4 is 5.32 Å². The fourth-order valence-corrected chi connectivity index (χ4v) is 3.53. The molecule has 1 aliphatic heterocycles. The van der Waals surface area contributed by atoms with Crippen LogP contribution in [0.4, 0.5) is 0 Å². The zero-order valence-electron chi connectivity index (χ0n) is 15.8. The van der Waals surface area contributed by atoms with Crippen molar-refractivity contribution in [3.8, 4) is 0 Å². The summed E-state index contributed by atoms with van der Waals surface area (Å²) in [5, 5.41) is 3.64. The van der Waals surface area contributed by atoms with Crippen LogP contribution in [0.25, 0.3) is 0 Å². The van der Waals surface area contributed by atoms with Crippen LogP contribution in [-0.4, -0.2) is 53.8 Å². The first-order valence-electron chi connectivity index (χ1n) is 9.92. The van der Waals surface area contributed by atoms with Crippen LogP contribution >= 0.6 is 0 Å². The highest BCUT2D eigenvalue weighted by Crippen LogP contribution is 2.28. The molecule has 1 saturated carbocycles. The molecule has 1 aliphatic carbocycles. The number of benzene rings is 1. The minimum absolute atomic E-state index is 0.0182. The number of piperidine rings is 1. The molecular formula is C21H31N3O2. The molecule has 5 heteroatoms. The quantitative estimate of drug-likeness (QED) is 0.777. The van der Waals surface area contributed by atoms with Gasteiger partial charge in [0.1, 0.15) is 0 Å². The molecule has 26 heavy (non-hydrogen) atoms. The summed E-state index contributed by atoms with van der Waals surface area (Å²) in [7, 11) is 0. The number of carbonyl (C=O) groups excluding carboxylic acids is 2. The Kier molecular flexibility index (Phi) is 6.67. The molecule has 0 aromatic heterocycles. The third kappa shape index (κ3) is 5.84. The van der Waals surface area contributed by atoms with Crippen molar-refractivity contribution in [1.29, 1.82) is 0 Å². The maximum Gasteiger partial charge on any atom is 0.224 e. The van der Waals surface area contributed by atoms with Crippen LogP contribution in [0.3, 0.4) is 0 Å². The van der Waals surface area contributed by atoms with Gasteiger partial charge in [0.25, 0.3) is 0 Å². The van der Waals surface area contributed by atoms with E-state index >= 15 is 0 Å². The summed E-state index contributed by atoms with van der Waals surface area (Å²) in [6.07, 6.45) is 5.24. The lowest BCUT2D eigenvalue weighted by Gasteiger charge is -2.33. The number of nitrogens with one attached hydrogen (secondary N) is 1. The number of rotatable bonds is 8. The number of hydrogen-bond acceptors (Lipinski definition) is 3. The highest BCUT2D eigenvalue weighted by Gasteiger charge is 2.26. The minimum Gasteiger partial charge on any atom is -0.343 e. The van der Waals surface area contributed by atoms with Crippen molar-refractivity contribution in [3.63, 3.8) is 0 Å². The van der Waals surface area contributed by atoms with E-state index in [1.165, 1.54) is 12.8 Å². The van der Waals surface area contributed by atoms with E-state index in [2.05, 4.69) is 5.32 Å². The maximum absolute atomic E-state index is 12.5. The van der Waals surface area contributed by atoms with Gasteiger partial charge in [-0.25, -0.2) is 0 Å². The molecule has 2 fully saturated rings. The van der Waals surface area contributed by atoms with Crippen molar-refractivity contribution in [1.82, 2.24) is 15.1 Å². The zero-order valence-corrected chi connectivity index (χ0v) is 15.8. The Labute approximate surface area is 156 Å². The molecule has 2 aliphatic rings. The molecule has 1 aromatic carbocycles. The molecule has 1 N–H and O–H groups in total. The zero-order chi connectivity index (χ0) is 18.4. The van der Waals surface area contributed by atoms with Crippen LogP contribution in [0, 0.1) is 5.92 Å². The standard InChI is InChI=1S/C21H31N3O2/c1-17(25)24(16-19-5-3-2-4-6-19)14-11-21(26)23-12-9-20(10-13-23)22-15-18-7-8-18/h2-6,18,20,22H,7-16H2,1H3. The molecule has 5 nitrogen and oxygen atoms in total. The van der Waals surface area contributed by atoms with E-state index < -0.39 is 0 Å². The average molecular weight is 357 g/mol. The summed E-state index contributed by atoms with van der Waals surface area (Å²) >= 11 is 0. The molecule has 0 bridgehead atoms. The highest BCUT2D eigenvalue weighted by molar-refractivity contribution is 5.78. The van der Waals surface area contributed by atoms with Gasteiger partial charge in [0.15, 0.2) is 0 Å². The lowest BCUT2D eigenvalue weighted by atomic mass is 10.0. The normalized spacial score (nSPS) is 18.0. The Morgan fingerprint density at radius 1 is 1.12 bits per heavy atom. The first-order chi connectivity index (χ1) is 12.6. The van der Waals surface area contributed by atoms with Gasteiger partial charge < -0.3 is 15.1 Å². The predicted octanol–water partition coefficient (Wildman–Crippen LogP) is 2.42. The molecule has 0 unspecified atom stereocenters. The van der Waals surface area contributed by atoms with Gasteiger partial charge in [0, 0.05) is 45.6 Å². The first-order valence-corrected chi connectivity index (χ1v) is 9.92. The summed E-state index contributed by atoms with van der Waals surface area (Å²) in [5.41, 5.74) is 1.10. The van der Waals surface area contributed by atoms with E-state index in [1.807, 2.05) is 35.2 Å². The van der Waals surface area contributed by atoms with E-state index in [4.69, 9.17) is 0 Å². The van der Waals surface area contributed by atoms with Crippen LogP contribution in [0.15, 0.2) is 30.3 Å². The molecule has 0 radical (unpaired) electrons. The molecule has 0 atom stereocenters. The minimum atomic E-state index is 0.0182. The number of nitrogens with zero attached hydrogens (tertiary/aromatic N) is 2. The Bertz CT molecular complexity index is 593. The molecule has 3 rings (SSSR count). The molecule has 1 aromatic rings. The van der Waals surface area contributed by atoms with Crippen LogP contribution in [-0.2, 0) is 16.1 Å². The molecule has 1 saturated heterocycles. The topological polar surface area (TPSA) is 52.7 Å². The van der Waals surface area contributed by atoms with Crippen molar-refractivity contribution >= 4 is 11.8 Å². The van der Waals surface area contributed by atoms with Crippen molar-refractivity contribution in [2.24, 2.45) is 5.92 Å². The molecule has 0 spiro atoms. The fraction of sp³-hybridized carbons (Fsp3) is 0.619. The van der Waals surface area contributed by atoms with E-state index in [1.54, 1.807) is 11.8 Å². The third-order valence-corrected chi connectivity index (χ3v) is 5.50. The van der Waals surface area contributed by atoms with Crippen molar-refractivity contribution in [2.45, 2.75) is 51.6 Å². The maximum atomic E-state index is 12.5. The SMILES string of the molecule is CC(=O)N(CCC(=O)N1CCC(NCC2CC2)CC1)Cc1ccccc1. The second-order valence-corrected chi connectivity index (χ2v) is 7.68. The summed E-state index contributed by atoms with van der Waals surface area (Å²) in [4.78, 5) is 28.2. The van der Waals surface area contributed by atoms with Gasteiger partial charge in [0.05, 0.1) is 0 Å². The van der Waals surface area contributed by atoms with Crippen LogP contribution in [0.5, 0.6) is 0 Å². The van der Waals surface area contributed by atoms with E-state index in [9.17, 15) is 9.59 Å². The van der Waals surface area contributed by atoms with Crippen LogP contribution in [0.1, 0.15) is 44.6 Å². The van der Waals surface area contributed by atoms with Gasteiger partial charge in [0.2, 0.25) is 11.8 Å². The molecule has 2 amide bonds. The predicted molar refractivity (Wildman–Crippen MR) is 102 cm³/mol. The summed E-state index contributed by atoms with van der Waals surface area (Å²) in [6, 6.07) is 10.5. The van der Waals surface area contributed by atoms with Gasteiger partial charge in [-0.05, 0) is 43.7 Å². The number of amides is 2. The Balaban J connectivity index is 1.39. The van der Waals surface area contributed by atoms with E-state index in [0.29, 0.717) is 25.6 Å². The lowest BCUT2D eigenvalue weighted by Crippen LogP contribution is -2.46. The second-order valence-electron chi connectivity index (χ2n) is 7.68. The van der Waals surface area contributed by atoms with Crippen molar-refractivity contribution in [3.05, 3.63) is 35.9 Å². The molecule has 1 heterocycles. The smallest absolute Gasteiger partial charge is 0.224 e. The average Bonchev–Trinajstić information content (AvgIpc) is 3.48. The van der Waals surface area contributed by atoms with E-state index in [-0.39, 0.29) is 11.8 Å². The monoisotopic (exact) mass is 357 g/mol. The second kappa shape index (κ2) is 9.17. The summed E-state index contributed by atoms with van der Waals surface area (Å²) in [5.74, 6) is 1.09. The van der Waals surface area contributed by atoms with Gasteiger partial charge >= 0.3 is 0 Å². The summed E-state index contributed by atoms with van der Waals surface area (Å²) in [6.45, 7) is 5.44. The highest BCUT2D eigenvalue weighted by atomic mass is 16.2.